The number of amides is 1. The number of rotatable bonds is 9. The predicted molar refractivity (Wildman–Crippen MR) is 119 cm³/mol. The zero-order valence-corrected chi connectivity index (χ0v) is 18.9. The molecule has 6 nitrogen and oxygen atoms in total. The minimum atomic E-state index is 0.0971. The van der Waals surface area contributed by atoms with Gasteiger partial charge >= 0.3 is 0 Å². The largest absolute Gasteiger partial charge is 0.357 e. The standard InChI is InChI=1S/C21H37N5OS/c1-6-22-21(23-10-7-11-26(16(2)3)17(4)5)24-14-20(27)25-12-8-19-18(15-25)9-13-28-19/h9,13,16-17H,6-8,10-12,14-15H2,1-5H3,(H2,22,23,24). The van der Waals surface area contributed by atoms with E-state index in [2.05, 4.69) is 59.7 Å². The number of carbonyl (C=O) groups is 1. The van der Waals surface area contributed by atoms with Crippen molar-refractivity contribution in [2.75, 3.05) is 32.7 Å². The summed E-state index contributed by atoms with van der Waals surface area (Å²) in [6.07, 6.45) is 2.00. The van der Waals surface area contributed by atoms with Crippen molar-refractivity contribution in [3.8, 4) is 0 Å². The number of thiophene rings is 1. The van der Waals surface area contributed by atoms with E-state index in [0.29, 0.717) is 12.1 Å². The molecule has 0 atom stereocenters. The van der Waals surface area contributed by atoms with Crippen LogP contribution in [0.2, 0.25) is 0 Å². The van der Waals surface area contributed by atoms with Gasteiger partial charge in [0.2, 0.25) is 5.91 Å². The fourth-order valence-corrected chi connectivity index (χ4v) is 4.52. The van der Waals surface area contributed by atoms with Crippen molar-refractivity contribution in [2.45, 2.75) is 66.1 Å². The monoisotopic (exact) mass is 407 g/mol. The second kappa shape index (κ2) is 11.4. The first kappa shape index (κ1) is 22.7. The van der Waals surface area contributed by atoms with Gasteiger partial charge < -0.3 is 15.5 Å². The second-order valence-corrected chi connectivity index (χ2v) is 8.84. The molecule has 0 bridgehead atoms. The number of aliphatic imine (C=N–C) groups is 1. The van der Waals surface area contributed by atoms with Gasteiger partial charge in [-0.15, -0.1) is 11.3 Å². The van der Waals surface area contributed by atoms with Crippen molar-refractivity contribution in [1.82, 2.24) is 20.4 Å². The first-order valence-electron chi connectivity index (χ1n) is 10.5. The molecule has 0 spiro atoms. The molecule has 2 N–H and O–H groups in total. The van der Waals surface area contributed by atoms with Crippen LogP contribution in [0.3, 0.4) is 0 Å². The van der Waals surface area contributed by atoms with Crippen molar-refractivity contribution < 1.29 is 4.79 Å². The third-order valence-corrected chi connectivity index (χ3v) is 6.11. The summed E-state index contributed by atoms with van der Waals surface area (Å²) in [5.41, 5.74) is 1.29. The number of fused-ring (bicyclic) bond motifs is 1. The highest BCUT2D eigenvalue weighted by Crippen LogP contribution is 2.23. The van der Waals surface area contributed by atoms with Crippen LogP contribution in [0.1, 0.15) is 51.5 Å². The van der Waals surface area contributed by atoms with Crippen LogP contribution in [0.5, 0.6) is 0 Å². The van der Waals surface area contributed by atoms with Crippen LogP contribution < -0.4 is 10.6 Å². The molecule has 2 rings (SSSR count). The maximum atomic E-state index is 12.6. The molecule has 7 heteroatoms. The number of guanidine groups is 1. The molecule has 0 aliphatic carbocycles. The van der Waals surface area contributed by atoms with Crippen LogP contribution >= 0.6 is 11.3 Å². The van der Waals surface area contributed by atoms with Crippen molar-refractivity contribution in [2.24, 2.45) is 4.99 Å². The summed E-state index contributed by atoms with van der Waals surface area (Å²) in [5, 5.41) is 8.72. The summed E-state index contributed by atoms with van der Waals surface area (Å²) in [6.45, 7) is 15.4. The maximum Gasteiger partial charge on any atom is 0.244 e. The van der Waals surface area contributed by atoms with Gasteiger partial charge in [-0.2, -0.15) is 0 Å². The average molecular weight is 408 g/mol. The van der Waals surface area contributed by atoms with E-state index in [1.165, 1.54) is 10.4 Å². The normalized spacial score (nSPS) is 14.7. The smallest absolute Gasteiger partial charge is 0.244 e. The first-order chi connectivity index (χ1) is 13.4. The lowest BCUT2D eigenvalue weighted by Gasteiger charge is -2.30. The molecule has 0 unspecified atom stereocenters. The van der Waals surface area contributed by atoms with Crippen LogP contribution in [0.4, 0.5) is 0 Å². The Morgan fingerprint density at radius 3 is 2.71 bits per heavy atom. The average Bonchev–Trinajstić information content (AvgIpc) is 3.12. The highest BCUT2D eigenvalue weighted by Gasteiger charge is 2.21. The molecule has 1 aromatic rings. The van der Waals surface area contributed by atoms with E-state index in [4.69, 9.17) is 0 Å². The number of nitrogens with zero attached hydrogens (tertiary/aromatic N) is 3. The Bertz CT molecular complexity index is 632. The predicted octanol–water partition coefficient (Wildman–Crippen LogP) is 2.70. The summed E-state index contributed by atoms with van der Waals surface area (Å²) in [5.74, 6) is 0.824. The topological polar surface area (TPSA) is 60.0 Å². The van der Waals surface area contributed by atoms with Gasteiger partial charge in [-0.1, -0.05) is 0 Å². The highest BCUT2D eigenvalue weighted by molar-refractivity contribution is 7.10. The Balaban J connectivity index is 1.79. The molecular formula is C21H37N5OS. The summed E-state index contributed by atoms with van der Waals surface area (Å²) in [7, 11) is 0. The van der Waals surface area contributed by atoms with Crippen LogP contribution in [-0.4, -0.2) is 66.5 Å². The molecule has 0 aromatic carbocycles. The molecular weight excluding hydrogens is 370 g/mol. The molecule has 28 heavy (non-hydrogen) atoms. The molecule has 0 fully saturated rings. The van der Waals surface area contributed by atoms with Crippen molar-refractivity contribution in [1.29, 1.82) is 0 Å². The van der Waals surface area contributed by atoms with Gasteiger partial charge in [0.25, 0.3) is 0 Å². The Kier molecular flexibility index (Phi) is 9.25. The second-order valence-electron chi connectivity index (χ2n) is 7.84. The van der Waals surface area contributed by atoms with Gasteiger partial charge in [0, 0.05) is 49.7 Å². The lowest BCUT2D eigenvalue weighted by molar-refractivity contribution is -0.130. The molecule has 1 aliphatic heterocycles. The summed E-state index contributed by atoms with van der Waals surface area (Å²) in [4.78, 5) is 22.9. The lowest BCUT2D eigenvalue weighted by atomic mass is 10.1. The Hall–Kier alpha value is -1.60. The molecule has 1 aliphatic rings. The van der Waals surface area contributed by atoms with E-state index in [-0.39, 0.29) is 12.5 Å². The van der Waals surface area contributed by atoms with Crippen LogP contribution in [0, 0.1) is 0 Å². The van der Waals surface area contributed by atoms with Gasteiger partial charge in [-0.3, -0.25) is 9.69 Å². The summed E-state index contributed by atoms with van der Waals surface area (Å²) >= 11 is 1.79. The van der Waals surface area contributed by atoms with E-state index in [9.17, 15) is 4.79 Å². The Morgan fingerprint density at radius 2 is 2.04 bits per heavy atom. The molecule has 2 heterocycles. The molecule has 158 valence electrons. The van der Waals surface area contributed by atoms with Crippen LogP contribution in [0.15, 0.2) is 16.4 Å². The van der Waals surface area contributed by atoms with Crippen LogP contribution in [0.25, 0.3) is 0 Å². The van der Waals surface area contributed by atoms with E-state index in [1.54, 1.807) is 11.3 Å². The fourth-order valence-electron chi connectivity index (χ4n) is 3.63. The number of hydrogen-bond acceptors (Lipinski definition) is 4. The summed E-state index contributed by atoms with van der Waals surface area (Å²) < 4.78 is 0. The third-order valence-electron chi connectivity index (χ3n) is 5.09. The number of nitrogens with one attached hydrogen (secondary N) is 2. The van der Waals surface area contributed by atoms with Gasteiger partial charge in [0.05, 0.1) is 0 Å². The number of hydrogen-bond donors (Lipinski definition) is 2. The van der Waals surface area contributed by atoms with E-state index in [1.807, 2.05) is 11.8 Å². The van der Waals surface area contributed by atoms with Gasteiger partial charge in [-0.25, -0.2) is 4.99 Å². The lowest BCUT2D eigenvalue weighted by Crippen LogP contribution is -2.42. The fraction of sp³-hybridized carbons (Fsp3) is 0.714. The van der Waals surface area contributed by atoms with E-state index in [0.717, 1.165) is 51.5 Å². The van der Waals surface area contributed by atoms with Crippen LogP contribution in [-0.2, 0) is 17.8 Å². The minimum Gasteiger partial charge on any atom is -0.357 e. The van der Waals surface area contributed by atoms with Gasteiger partial charge in [0.1, 0.15) is 6.54 Å². The molecule has 0 saturated carbocycles. The quantitative estimate of drug-likeness (QED) is 0.375. The van der Waals surface area contributed by atoms with Crippen molar-refractivity contribution in [3.05, 3.63) is 21.9 Å². The molecule has 1 amide bonds. The maximum absolute atomic E-state index is 12.6. The Labute approximate surface area is 174 Å². The van der Waals surface area contributed by atoms with E-state index >= 15 is 0 Å². The minimum absolute atomic E-state index is 0.0971. The zero-order chi connectivity index (χ0) is 20.5. The zero-order valence-electron chi connectivity index (χ0n) is 18.1. The van der Waals surface area contributed by atoms with Gasteiger partial charge in [0.15, 0.2) is 5.96 Å². The van der Waals surface area contributed by atoms with Gasteiger partial charge in [-0.05, 0) is 64.5 Å². The molecule has 0 saturated heterocycles. The van der Waals surface area contributed by atoms with E-state index < -0.39 is 0 Å². The number of carbonyl (C=O) groups excluding carboxylic acids is 1. The Morgan fingerprint density at radius 1 is 1.29 bits per heavy atom. The SMILES string of the molecule is CCNC(=NCC(=O)N1CCc2sccc2C1)NCCCN(C(C)C)C(C)C. The first-order valence-corrected chi connectivity index (χ1v) is 11.4. The third kappa shape index (κ3) is 6.78. The van der Waals surface area contributed by atoms with Crippen molar-refractivity contribution in [3.63, 3.8) is 0 Å². The molecule has 1 aromatic heterocycles. The summed E-state index contributed by atoms with van der Waals surface area (Å²) in [6, 6.07) is 3.23. The molecule has 0 radical (unpaired) electrons. The van der Waals surface area contributed by atoms with Crippen molar-refractivity contribution >= 4 is 23.2 Å². The highest BCUT2D eigenvalue weighted by atomic mass is 32.1.